The topological polar surface area (TPSA) is 87.7 Å². The molecule has 1 saturated carbocycles. The summed E-state index contributed by atoms with van der Waals surface area (Å²) in [6.07, 6.45) is 8.34. The number of carbonyl (C=O) groups excluding carboxylic acids is 3. The minimum Gasteiger partial charge on any atom is -0.359 e. The van der Waals surface area contributed by atoms with E-state index in [1.807, 2.05) is 42.5 Å². The lowest BCUT2D eigenvalue weighted by molar-refractivity contribution is -0.142. The number of carbonyl (C=O) groups is 3. The number of benzene rings is 2. The van der Waals surface area contributed by atoms with Crippen molar-refractivity contribution in [1.82, 2.24) is 10.2 Å². The maximum absolute atomic E-state index is 14.0. The minimum absolute atomic E-state index is 0.0944. The van der Waals surface area contributed by atoms with E-state index in [0.717, 1.165) is 31.2 Å². The fourth-order valence-corrected chi connectivity index (χ4v) is 6.63. The van der Waals surface area contributed by atoms with Crippen LogP contribution >= 0.6 is 11.6 Å². The molecule has 3 fully saturated rings. The highest BCUT2D eigenvalue weighted by molar-refractivity contribution is 6.30. The molecule has 2 aromatic carbocycles. The third-order valence-corrected chi connectivity index (χ3v) is 8.44. The Morgan fingerprint density at radius 2 is 1.73 bits per heavy atom. The largest absolute Gasteiger partial charge is 0.359 e. The summed E-state index contributed by atoms with van der Waals surface area (Å²) in [5, 5.41) is 6.70. The van der Waals surface area contributed by atoms with Crippen LogP contribution in [0.4, 0.5) is 5.69 Å². The summed E-state index contributed by atoms with van der Waals surface area (Å²) >= 11 is 5.99. The second-order valence-electron chi connectivity index (χ2n) is 10.5. The molecule has 2 aromatic rings. The van der Waals surface area contributed by atoms with Gasteiger partial charge in [-0.1, -0.05) is 73.3 Å². The molecule has 37 heavy (non-hydrogen) atoms. The summed E-state index contributed by atoms with van der Waals surface area (Å²) in [5.41, 5.74) is 0.342. The van der Waals surface area contributed by atoms with Crippen molar-refractivity contribution in [3.63, 3.8) is 0 Å². The van der Waals surface area contributed by atoms with Gasteiger partial charge in [0.05, 0.1) is 17.9 Å². The van der Waals surface area contributed by atoms with Gasteiger partial charge in [-0.15, -0.1) is 0 Å². The van der Waals surface area contributed by atoms with Crippen LogP contribution in [-0.4, -0.2) is 46.4 Å². The number of fused-ring (bicyclic) bond motifs is 1. The van der Waals surface area contributed by atoms with Crippen molar-refractivity contribution in [3.8, 4) is 0 Å². The van der Waals surface area contributed by atoms with E-state index < -0.39 is 29.6 Å². The van der Waals surface area contributed by atoms with Gasteiger partial charge in [-0.25, -0.2) is 0 Å². The Hall–Kier alpha value is -3.16. The number of rotatable bonds is 6. The highest BCUT2D eigenvalue weighted by Gasteiger charge is 2.72. The Balaban J connectivity index is 1.32. The summed E-state index contributed by atoms with van der Waals surface area (Å²) in [6.45, 7) is 0.272. The van der Waals surface area contributed by atoms with Crippen LogP contribution in [0.15, 0.2) is 66.7 Å². The minimum atomic E-state index is -1.17. The van der Waals surface area contributed by atoms with Crippen LogP contribution in [0, 0.1) is 11.8 Å². The molecule has 5 atom stereocenters. The fourth-order valence-electron chi connectivity index (χ4n) is 6.50. The maximum Gasteiger partial charge on any atom is 0.246 e. The van der Waals surface area contributed by atoms with Crippen LogP contribution < -0.4 is 10.6 Å². The van der Waals surface area contributed by atoms with Crippen LogP contribution in [0.1, 0.15) is 37.7 Å². The molecule has 2 saturated heterocycles. The molecule has 1 aliphatic carbocycles. The van der Waals surface area contributed by atoms with Crippen molar-refractivity contribution >= 4 is 35.0 Å². The zero-order chi connectivity index (χ0) is 25.6. The number of nitrogens with zero attached hydrogens (tertiary/aromatic N) is 1. The van der Waals surface area contributed by atoms with Gasteiger partial charge >= 0.3 is 0 Å². The summed E-state index contributed by atoms with van der Waals surface area (Å²) in [5.74, 6) is -2.25. The van der Waals surface area contributed by atoms with Gasteiger partial charge in [0.15, 0.2) is 0 Å². The van der Waals surface area contributed by atoms with Gasteiger partial charge in [0.2, 0.25) is 17.7 Å². The third kappa shape index (κ3) is 4.24. The monoisotopic (exact) mass is 519 g/mol. The molecule has 3 amide bonds. The Kier molecular flexibility index (Phi) is 6.29. The van der Waals surface area contributed by atoms with E-state index in [-0.39, 0.29) is 30.3 Å². The van der Waals surface area contributed by atoms with E-state index in [2.05, 4.69) is 10.6 Å². The van der Waals surface area contributed by atoms with Crippen molar-refractivity contribution in [2.45, 2.75) is 62.4 Å². The normalized spacial score (nSPS) is 30.4. The van der Waals surface area contributed by atoms with E-state index in [1.165, 1.54) is 6.42 Å². The standard InChI is InChI=1S/C29H30ClN3O4/c30-19-11-13-21(14-12-19)31-26(34)23-22-15-16-29(37-22)24(23)28(36)33(17-18-7-3-1-4-8-18)25(29)27(35)32-20-9-5-2-6-10-20/h1,3-4,7-8,11-16,20,22-25H,2,5-6,9-10,17H2,(H,31,34)(H,32,35)/t22-,23+,24-,25-,29-/m1/s1. The van der Waals surface area contributed by atoms with Crippen LogP contribution in [0.5, 0.6) is 0 Å². The highest BCUT2D eigenvalue weighted by Crippen LogP contribution is 2.55. The number of nitrogens with one attached hydrogen (secondary N) is 2. The Labute approximate surface area is 221 Å². The van der Waals surface area contributed by atoms with Crippen LogP contribution in [0.3, 0.4) is 0 Å². The van der Waals surface area contributed by atoms with Gasteiger partial charge in [-0.3, -0.25) is 14.4 Å². The molecular formula is C29H30ClN3O4. The summed E-state index contributed by atoms with van der Waals surface area (Å²) in [6, 6.07) is 15.7. The molecule has 0 unspecified atom stereocenters. The van der Waals surface area contributed by atoms with Gasteiger partial charge in [0.25, 0.3) is 0 Å². The summed E-state index contributed by atoms with van der Waals surface area (Å²) in [4.78, 5) is 43.0. The van der Waals surface area contributed by atoms with Gasteiger partial charge in [0, 0.05) is 23.3 Å². The number of halogens is 1. The molecule has 0 radical (unpaired) electrons. The molecule has 4 aliphatic rings. The fraction of sp³-hybridized carbons (Fsp3) is 0.414. The van der Waals surface area contributed by atoms with Crippen molar-refractivity contribution in [2.24, 2.45) is 11.8 Å². The number of hydrogen-bond donors (Lipinski definition) is 2. The highest BCUT2D eigenvalue weighted by atomic mass is 35.5. The maximum atomic E-state index is 14.0. The Bertz CT molecular complexity index is 1230. The van der Waals surface area contributed by atoms with Crippen molar-refractivity contribution in [2.75, 3.05) is 5.32 Å². The molecule has 0 aromatic heterocycles. The number of likely N-dealkylation sites (tertiary alicyclic amines) is 1. The lowest BCUT2D eigenvalue weighted by Gasteiger charge is -2.34. The van der Waals surface area contributed by atoms with Crippen molar-refractivity contribution in [1.29, 1.82) is 0 Å². The smallest absolute Gasteiger partial charge is 0.246 e. The first kappa shape index (κ1) is 24.2. The molecule has 8 heteroatoms. The molecule has 6 rings (SSSR count). The van der Waals surface area contributed by atoms with E-state index in [1.54, 1.807) is 29.2 Å². The van der Waals surface area contributed by atoms with E-state index in [4.69, 9.17) is 16.3 Å². The third-order valence-electron chi connectivity index (χ3n) is 8.18. The average molecular weight is 520 g/mol. The molecule has 2 N–H and O–H groups in total. The zero-order valence-corrected chi connectivity index (χ0v) is 21.2. The number of anilines is 1. The van der Waals surface area contributed by atoms with Crippen LogP contribution in [-0.2, 0) is 25.7 Å². The first-order valence-corrected chi connectivity index (χ1v) is 13.4. The number of amides is 3. The van der Waals surface area contributed by atoms with Crippen LogP contribution in [0.2, 0.25) is 5.02 Å². The molecule has 1 spiro atoms. The van der Waals surface area contributed by atoms with Crippen LogP contribution in [0.25, 0.3) is 0 Å². The lowest BCUT2D eigenvalue weighted by Crippen LogP contribution is -2.56. The van der Waals surface area contributed by atoms with E-state index in [9.17, 15) is 14.4 Å². The predicted octanol–water partition coefficient (Wildman–Crippen LogP) is 4.08. The summed E-state index contributed by atoms with van der Waals surface area (Å²) < 4.78 is 6.42. The molecule has 192 valence electrons. The Morgan fingerprint density at radius 1 is 1.00 bits per heavy atom. The van der Waals surface area contributed by atoms with Crippen molar-refractivity contribution in [3.05, 3.63) is 77.3 Å². The molecule has 3 aliphatic heterocycles. The van der Waals surface area contributed by atoms with Gasteiger partial charge in [-0.2, -0.15) is 0 Å². The quantitative estimate of drug-likeness (QED) is 0.563. The first-order valence-electron chi connectivity index (χ1n) is 13.0. The summed E-state index contributed by atoms with van der Waals surface area (Å²) in [7, 11) is 0. The zero-order valence-electron chi connectivity index (χ0n) is 20.4. The SMILES string of the molecule is O=C(Nc1ccc(Cl)cc1)[C@H]1[C@H]2C=C[C@@]3(O2)[C@H]1C(=O)N(Cc1ccccc1)[C@@H]3C(=O)NC1CCCCC1. The van der Waals surface area contributed by atoms with Gasteiger partial charge in [0.1, 0.15) is 11.6 Å². The van der Waals surface area contributed by atoms with Gasteiger partial charge in [-0.05, 0) is 42.7 Å². The second-order valence-corrected chi connectivity index (χ2v) is 10.9. The number of ether oxygens (including phenoxy) is 1. The molecule has 2 bridgehead atoms. The second kappa shape index (κ2) is 9.62. The van der Waals surface area contributed by atoms with Gasteiger partial charge < -0.3 is 20.3 Å². The lowest BCUT2D eigenvalue weighted by atomic mass is 9.74. The Morgan fingerprint density at radius 3 is 2.46 bits per heavy atom. The van der Waals surface area contributed by atoms with E-state index in [0.29, 0.717) is 10.7 Å². The molecular weight excluding hydrogens is 490 g/mol. The number of hydrogen-bond acceptors (Lipinski definition) is 4. The molecule has 7 nitrogen and oxygen atoms in total. The first-order chi connectivity index (χ1) is 18.0. The molecule has 3 heterocycles. The predicted molar refractivity (Wildman–Crippen MR) is 140 cm³/mol. The van der Waals surface area contributed by atoms with Crippen molar-refractivity contribution < 1.29 is 19.1 Å². The average Bonchev–Trinajstić information content (AvgIpc) is 3.54. The van der Waals surface area contributed by atoms with E-state index >= 15 is 0 Å².